The SMILES string of the molecule is COCC(O)CN(C)S(=O)(=O)N1CCc2ccccc2C1. The summed E-state index contributed by atoms with van der Waals surface area (Å²) in [7, 11) is -0.615. The van der Waals surface area contributed by atoms with Crippen molar-refractivity contribution in [2.75, 3.05) is 33.9 Å². The van der Waals surface area contributed by atoms with Gasteiger partial charge in [0.05, 0.1) is 12.7 Å². The Kier molecular flexibility index (Phi) is 5.34. The van der Waals surface area contributed by atoms with E-state index in [4.69, 9.17) is 4.74 Å². The van der Waals surface area contributed by atoms with Crippen LogP contribution < -0.4 is 0 Å². The molecule has 0 amide bonds. The first kappa shape index (κ1) is 16.4. The van der Waals surface area contributed by atoms with Crippen LogP contribution in [-0.4, -0.2) is 62.1 Å². The number of aliphatic hydroxyl groups is 1. The van der Waals surface area contributed by atoms with Gasteiger partial charge in [-0.25, -0.2) is 0 Å². The number of hydrogen-bond donors (Lipinski definition) is 1. The average Bonchev–Trinajstić information content (AvgIpc) is 2.46. The molecule has 0 saturated heterocycles. The summed E-state index contributed by atoms with van der Waals surface area (Å²) < 4.78 is 32.5. The Morgan fingerprint density at radius 2 is 2.05 bits per heavy atom. The summed E-state index contributed by atoms with van der Waals surface area (Å²) in [6.07, 6.45) is -0.115. The van der Waals surface area contributed by atoms with Crippen molar-refractivity contribution >= 4 is 10.2 Å². The fourth-order valence-corrected chi connectivity index (χ4v) is 3.88. The van der Waals surface area contributed by atoms with Crippen molar-refractivity contribution in [3.05, 3.63) is 35.4 Å². The number of hydrogen-bond acceptors (Lipinski definition) is 4. The largest absolute Gasteiger partial charge is 0.389 e. The first-order chi connectivity index (χ1) is 9.95. The maximum atomic E-state index is 12.5. The van der Waals surface area contributed by atoms with Gasteiger partial charge in [-0.2, -0.15) is 17.0 Å². The third-order valence-corrected chi connectivity index (χ3v) is 5.54. The van der Waals surface area contributed by atoms with E-state index < -0.39 is 16.3 Å². The summed E-state index contributed by atoms with van der Waals surface area (Å²) in [6.45, 7) is 0.976. The first-order valence-electron chi connectivity index (χ1n) is 6.90. The van der Waals surface area contributed by atoms with Crippen LogP contribution in [0.4, 0.5) is 0 Å². The third-order valence-electron chi connectivity index (χ3n) is 3.64. The van der Waals surface area contributed by atoms with E-state index in [1.54, 1.807) is 0 Å². The smallest absolute Gasteiger partial charge is 0.282 e. The van der Waals surface area contributed by atoms with Crippen LogP contribution in [0, 0.1) is 0 Å². The lowest BCUT2D eigenvalue weighted by molar-refractivity contribution is 0.0545. The predicted octanol–water partition coefficient (Wildman–Crippen LogP) is 0.229. The van der Waals surface area contributed by atoms with Gasteiger partial charge in [-0.1, -0.05) is 24.3 Å². The van der Waals surface area contributed by atoms with Crippen LogP contribution in [0.5, 0.6) is 0 Å². The molecule has 7 heteroatoms. The lowest BCUT2D eigenvalue weighted by atomic mass is 10.0. The van der Waals surface area contributed by atoms with Crippen molar-refractivity contribution in [2.45, 2.75) is 19.1 Å². The van der Waals surface area contributed by atoms with E-state index in [1.165, 1.54) is 28.3 Å². The molecule has 1 unspecified atom stereocenters. The first-order valence-corrected chi connectivity index (χ1v) is 8.30. The average molecular weight is 314 g/mol. The van der Waals surface area contributed by atoms with Crippen LogP contribution in [0.2, 0.25) is 0 Å². The Morgan fingerprint density at radius 1 is 1.38 bits per heavy atom. The Bertz CT molecular complexity index is 576. The summed E-state index contributed by atoms with van der Waals surface area (Å²) >= 11 is 0. The molecule has 1 aromatic rings. The molecule has 1 atom stereocenters. The highest BCUT2D eigenvalue weighted by molar-refractivity contribution is 7.86. The van der Waals surface area contributed by atoms with Gasteiger partial charge < -0.3 is 9.84 Å². The third kappa shape index (κ3) is 3.81. The maximum Gasteiger partial charge on any atom is 0.282 e. The fraction of sp³-hybridized carbons (Fsp3) is 0.571. The predicted molar refractivity (Wildman–Crippen MR) is 80.0 cm³/mol. The summed E-state index contributed by atoms with van der Waals surface area (Å²) in [5.74, 6) is 0. The number of rotatable bonds is 6. The molecule has 0 saturated carbocycles. The molecular weight excluding hydrogens is 292 g/mol. The molecule has 0 aliphatic carbocycles. The molecule has 0 radical (unpaired) electrons. The van der Waals surface area contributed by atoms with Crippen LogP contribution in [0.15, 0.2) is 24.3 Å². The van der Waals surface area contributed by atoms with E-state index >= 15 is 0 Å². The highest BCUT2D eigenvalue weighted by Crippen LogP contribution is 2.22. The zero-order chi connectivity index (χ0) is 15.5. The molecule has 1 aliphatic rings. The molecule has 0 fully saturated rings. The number of benzene rings is 1. The minimum Gasteiger partial charge on any atom is -0.389 e. The van der Waals surface area contributed by atoms with E-state index in [0.717, 1.165) is 5.56 Å². The van der Waals surface area contributed by atoms with Gasteiger partial charge in [-0.05, 0) is 17.5 Å². The van der Waals surface area contributed by atoms with Crippen LogP contribution >= 0.6 is 0 Å². The van der Waals surface area contributed by atoms with E-state index in [0.29, 0.717) is 19.5 Å². The zero-order valence-electron chi connectivity index (χ0n) is 12.4. The van der Waals surface area contributed by atoms with Gasteiger partial charge in [0.25, 0.3) is 10.2 Å². The highest BCUT2D eigenvalue weighted by Gasteiger charge is 2.30. The van der Waals surface area contributed by atoms with Gasteiger partial charge in [-0.3, -0.25) is 0 Å². The van der Waals surface area contributed by atoms with E-state index in [-0.39, 0.29) is 13.2 Å². The fourth-order valence-electron chi connectivity index (χ4n) is 2.50. The number of ether oxygens (including phenoxy) is 1. The summed E-state index contributed by atoms with van der Waals surface area (Å²) in [5.41, 5.74) is 2.24. The van der Waals surface area contributed by atoms with Crippen LogP contribution in [0.25, 0.3) is 0 Å². The molecule has 1 aromatic carbocycles. The van der Waals surface area contributed by atoms with E-state index in [2.05, 4.69) is 0 Å². The summed E-state index contributed by atoms with van der Waals surface area (Å²) in [6, 6.07) is 7.87. The second-order valence-corrected chi connectivity index (χ2v) is 7.29. The van der Waals surface area contributed by atoms with Crippen molar-refractivity contribution in [1.29, 1.82) is 0 Å². The lowest BCUT2D eigenvalue weighted by Crippen LogP contribution is -2.46. The second-order valence-electron chi connectivity index (χ2n) is 5.25. The van der Waals surface area contributed by atoms with Crippen LogP contribution in [0.1, 0.15) is 11.1 Å². The highest BCUT2D eigenvalue weighted by atomic mass is 32.2. The van der Waals surface area contributed by atoms with Gasteiger partial charge in [0.1, 0.15) is 0 Å². The Morgan fingerprint density at radius 3 is 2.71 bits per heavy atom. The monoisotopic (exact) mass is 314 g/mol. The van der Waals surface area contributed by atoms with Crippen molar-refractivity contribution in [3.8, 4) is 0 Å². The maximum absolute atomic E-state index is 12.5. The summed E-state index contributed by atoms with van der Waals surface area (Å²) in [4.78, 5) is 0. The number of methoxy groups -OCH3 is 1. The molecule has 0 aromatic heterocycles. The number of fused-ring (bicyclic) bond motifs is 1. The lowest BCUT2D eigenvalue weighted by Gasteiger charge is -2.32. The Labute approximate surface area is 126 Å². The van der Waals surface area contributed by atoms with Crippen molar-refractivity contribution in [3.63, 3.8) is 0 Å². The molecular formula is C14H22N2O4S. The van der Waals surface area contributed by atoms with Crippen molar-refractivity contribution in [2.24, 2.45) is 0 Å². The second kappa shape index (κ2) is 6.85. The Hall–Kier alpha value is -0.990. The molecule has 118 valence electrons. The van der Waals surface area contributed by atoms with E-state index in [1.807, 2.05) is 24.3 Å². The van der Waals surface area contributed by atoms with Gasteiger partial charge in [0.2, 0.25) is 0 Å². The Balaban J connectivity index is 2.07. The number of nitrogens with zero attached hydrogens (tertiary/aromatic N) is 2. The molecule has 0 bridgehead atoms. The molecule has 0 spiro atoms. The molecule has 1 aliphatic heterocycles. The number of aliphatic hydroxyl groups excluding tert-OH is 1. The topological polar surface area (TPSA) is 70.1 Å². The molecule has 6 nitrogen and oxygen atoms in total. The van der Waals surface area contributed by atoms with Crippen LogP contribution in [0.3, 0.4) is 0 Å². The van der Waals surface area contributed by atoms with Gasteiger partial charge >= 0.3 is 0 Å². The molecule has 21 heavy (non-hydrogen) atoms. The normalized spacial score (nSPS) is 17.7. The number of likely N-dealkylation sites (N-methyl/N-ethyl adjacent to an activating group) is 1. The van der Waals surface area contributed by atoms with Crippen molar-refractivity contribution in [1.82, 2.24) is 8.61 Å². The van der Waals surface area contributed by atoms with Crippen LogP contribution in [-0.2, 0) is 27.9 Å². The van der Waals surface area contributed by atoms with Gasteiger partial charge in [0, 0.05) is 33.8 Å². The van der Waals surface area contributed by atoms with E-state index in [9.17, 15) is 13.5 Å². The van der Waals surface area contributed by atoms with Gasteiger partial charge in [-0.15, -0.1) is 0 Å². The molecule has 2 rings (SSSR count). The minimum atomic E-state index is -3.57. The zero-order valence-corrected chi connectivity index (χ0v) is 13.2. The summed E-state index contributed by atoms with van der Waals surface area (Å²) in [5, 5.41) is 9.69. The van der Waals surface area contributed by atoms with Gasteiger partial charge in [0.15, 0.2) is 0 Å². The standard InChI is InChI=1S/C14H22N2O4S/c1-15(10-14(17)11-20-2)21(18,19)16-8-7-12-5-3-4-6-13(12)9-16/h3-6,14,17H,7-11H2,1-2H3. The quantitative estimate of drug-likeness (QED) is 0.816. The molecule has 1 N–H and O–H groups in total. The van der Waals surface area contributed by atoms with Crippen molar-refractivity contribution < 1.29 is 18.3 Å². The molecule has 1 heterocycles. The minimum absolute atomic E-state index is 0.0221.